The fourth-order valence-corrected chi connectivity index (χ4v) is 4.29. The van der Waals surface area contributed by atoms with Crippen molar-refractivity contribution in [3.63, 3.8) is 0 Å². The third-order valence-corrected chi connectivity index (χ3v) is 5.68. The van der Waals surface area contributed by atoms with Crippen molar-refractivity contribution >= 4 is 31.4 Å². The van der Waals surface area contributed by atoms with Crippen LogP contribution in [0.4, 0.5) is 0 Å². The monoisotopic (exact) mass is 290 g/mol. The molecule has 96 valence electrons. The molecule has 19 heavy (non-hydrogen) atoms. The van der Waals surface area contributed by atoms with E-state index in [1.165, 1.54) is 17.5 Å². The molecule has 3 rings (SSSR count). The van der Waals surface area contributed by atoms with Crippen molar-refractivity contribution in [3.8, 4) is 0 Å². The Bertz CT molecular complexity index is 836. The van der Waals surface area contributed by atoms with E-state index in [1.54, 1.807) is 30.3 Å². The van der Waals surface area contributed by atoms with Crippen molar-refractivity contribution < 1.29 is 8.42 Å². The normalized spacial score (nSPS) is 11.8. The molecule has 4 nitrogen and oxygen atoms in total. The van der Waals surface area contributed by atoms with Crippen molar-refractivity contribution in [2.45, 2.75) is 16.7 Å². The zero-order valence-electron chi connectivity index (χ0n) is 10.1. The number of aromatic nitrogens is 2. The molecule has 0 saturated heterocycles. The average molecular weight is 290 g/mol. The van der Waals surface area contributed by atoms with E-state index in [2.05, 4.69) is 10.2 Å². The van der Waals surface area contributed by atoms with Crippen molar-refractivity contribution in [2.75, 3.05) is 0 Å². The number of rotatable bonds is 2. The van der Waals surface area contributed by atoms with Crippen LogP contribution in [-0.4, -0.2) is 18.6 Å². The topological polar surface area (TPSA) is 59.9 Å². The zero-order valence-corrected chi connectivity index (χ0v) is 11.7. The second kappa shape index (κ2) is 4.40. The van der Waals surface area contributed by atoms with Gasteiger partial charge in [-0.05, 0) is 30.5 Å². The third-order valence-electron chi connectivity index (χ3n) is 2.83. The van der Waals surface area contributed by atoms with Gasteiger partial charge < -0.3 is 0 Å². The van der Waals surface area contributed by atoms with Gasteiger partial charge in [-0.15, -0.1) is 16.4 Å². The molecular weight excluding hydrogens is 280 g/mol. The SMILES string of the molecule is Cc1ccc(S(=O)(=O)c2cnnc3ccsc23)cc1. The minimum atomic E-state index is -3.54. The maximum atomic E-state index is 12.6. The van der Waals surface area contributed by atoms with Crippen LogP contribution in [0.25, 0.3) is 10.2 Å². The van der Waals surface area contributed by atoms with E-state index >= 15 is 0 Å². The Morgan fingerprint density at radius 3 is 2.58 bits per heavy atom. The smallest absolute Gasteiger partial charge is 0.209 e. The van der Waals surface area contributed by atoms with E-state index in [0.717, 1.165) is 5.56 Å². The fourth-order valence-electron chi connectivity index (χ4n) is 1.80. The Balaban J connectivity index is 2.25. The number of fused-ring (bicyclic) bond motifs is 1. The predicted octanol–water partition coefficient (Wildman–Crippen LogP) is 2.83. The summed E-state index contributed by atoms with van der Waals surface area (Å²) < 4.78 is 25.8. The second-order valence-electron chi connectivity index (χ2n) is 4.16. The van der Waals surface area contributed by atoms with E-state index < -0.39 is 9.84 Å². The summed E-state index contributed by atoms with van der Waals surface area (Å²) in [5, 5.41) is 9.50. The molecule has 0 bridgehead atoms. The van der Waals surface area contributed by atoms with Gasteiger partial charge in [0.25, 0.3) is 0 Å². The molecule has 0 atom stereocenters. The molecule has 3 aromatic rings. The largest absolute Gasteiger partial charge is 0.218 e. The highest BCUT2D eigenvalue weighted by molar-refractivity contribution is 7.91. The summed E-state index contributed by atoms with van der Waals surface area (Å²) in [6.45, 7) is 1.92. The Morgan fingerprint density at radius 1 is 1.11 bits per heavy atom. The highest BCUT2D eigenvalue weighted by atomic mass is 32.2. The van der Waals surface area contributed by atoms with Crippen LogP contribution >= 0.6 is 11.3 Å². The summed E-state index contributed by atoms with van der Waals surface area (Å²) in [6.07, 6.45) is 1.31. The first kappa shape index (κ1) is 12.3. The number of nitrogens with zero attached hydrogens (tertiary/aromatic N) is 2. The van der Waals surface area contributed by atoms with Gasteiger partial charge in [0.2, 0.25) is 9.84 Å². The van der Waals surface area contributed by atoms with Gasteiger partial charge in [-0.1, -0.05) is 17.7 Å². The van der Waals surface area contributed by atoms with E-state index in [1.807, 2.05) is 12.3 Å². The lowest BCUT2D eigenvalue weighted by atomic mass is 10.2. The second-order valence-corrected chi connectivity index (χ2v) is 6.99. The summed E-state index contributed by atoms with van der Waals surface area (Å²) in [7, 11) is -3.54. The van der Waals surface area contributed by atoms with Gasteiger partial charge in [0.15, 0.2) is 0 Å². The van der Waals surface area contributed by atoms with Crippen LogP contribution in [-0.2, 0) is 9.84 Å². The minimum absolute atomic E-state index is 0.219. The molecule has 0 aliphatic rings. The van der Waals surface area contributed by atoms with Gasteiger partial charge in [0.1, 0.15) is 10.4 Å². The van der Waals surface area contributed by atoms with Crippen LogP contribution in [0.1, 0.15) is 5.56 Å². The molecule has 2 heterocycles. The number of hydrogen-bond acceptors (Lipinski definition) is 5. The van der Waals surface area contributed by atoms with Crippen LogP contribution in [0.3, 0.4) is 0 Å². The molecule has 1 aromatic carbocycles. The molecule has 0 aliphatic heterocycles. The van der Waals surface area contributed by atoms with Crippen LogP contribution in [0.2, 0.25) is 0 Å². The zero-order chi connectivity index (χ0) is 13.5. The summed E-state index contributed by atoms with van der Waals surface area (Å²) in [5.41, 5.74) is 1.63. The summed E-state index contributed by atoms with van der Waals surface area (Å²) in [5.74, 6) is 0. The molecule has 0 unspecified atom stereocenters. The molecule has 0 fully saturated rings. The van der Waals surface area contributed by atoms with Crippen LogP contribution < -0.4 is 0 Å². The molecular formula is C13H10N2O2S2. The van der Waals surface area contributed by atoms with E-state index in [-0.39, 0.29) is 9.79 Å². The molecule has 0 aliphatic carbocycles. The fraction of sp³-hybridized carbons (Fsp3) is 0.0769. The van der Waals surface area contributed by atoms with Crippen LogP contribution in [0.15, 0.2) is 51.7 Å². The summed E-state index contributed by atoms with van der Waals surface area (Å²) >= 11 is 1.36. The van der Waals surface area contributed by atoms with Gasteiger partial charge in [-0.2, -0.15) is 5.10 Å². The van der Waals surface area contributed by atoms with E-state index in [9.17, 15) is 8.42 Å². The first-order valence-electron chi connectivity index (χ1n) is 5.60. The Labute approximate surface area is 114 Å². The van der Waals surface area contributed by atoms with Crippen LogP contribution in [0, 0.1) is 6.92 Å². The lowest BCUT2D eigenvalue weighted by molar-refractivity contribution is 0.596. The molecule has 0 radical (unpaired) electrons. The number of thiophene rings is 1. The van der Waals surface area contributed by atoms with Gasteiger partial charge in [0, 0.05) is 0 Å². The van der Waals surface area contributed by atoms with Gasteiger partial charge in [-0.25, -0.2) is 8.42 Å². The summed E-state index contributed by atoms with van der Waals surface area (Å²) in [6, 6.07) is 8.57. The number of sulfone groups is 1. The Hall–Kier alpha value is -1.79. The van der Waals surface area contributed by atoms with Gasteiger partial charge in [-0.3, -0.25) is 0 Å². The maximum absolute atomic E-state index is 12.6. The van der Waals surface area contributed by atoms with Crippen molar-refractivity contribution in [2.24, 2.45) is 0 Å². The molecule has 0 N–H and O–H groups in total. The van der Waals surface area contributed by atoms with Gasteiger partial charge >= 0.3 is 0 Å². The van der Waals surface area contributed by atoms with Gasteiger partial charge in [0.05, 0.1) is 15.8 Å². The maximum Gasteiger partial charge on any atom is 0.209 e. The lowest BCUT2D eigenvalue weighted by Gasteiger charge is -2.05. The predicted molar refractivity (Wildman–Crippen MR) is 74.0 cm³/mol. The summed E-state index contributed by atoms with van der Waals surface area (Å²) in [4.78, 5) is 0.497. The highest BCUT2D eigenvalue weighted by Gasteiger charge is 2.21. The molecule has 0 saturated carbocycles. The highest BCUT2D eigenvalue weighted by Crippen LogP contribution is 2.29. The van der Waals surface area contributed by atoms with Crippen molar-refractivity contribution in [3.05, 3.63) is 47.5 Å². The van der Waals surface area contributed by atoms with Crippen molar-refractivity contribution in [1.82, 2.24) is 10.2 Å². The Morgan fingerprint density at radius 2 is 1.84 bits per heavy atom. The third kappa shape index (κ3) is 2.02. The van der Waals surface area contributed by atoms with E-state index in [4.69, 9.17) is 0 Å². The standard InChI is InChI=1S/C13H10N2O2S2/c1-9-2-4-10(5-3-9)19(16,17)12-8-14-15-11-6-7-18-13(11)12/h2-8H,1H3. The lowest BCUT2D eigenvalue weighted by Crippen LogP contribution is -2.03. The first-order chi connectivity index (χ1) is 9.09. The molecule has 6 heteroatoms. The van der Waals surface area contributed by atoms with Crippen molar-refractivity contribution in [1.29, 1.82) is 0 Å². The first-order valence-corrected chi connectivity index (χ1v) is 7.96. The molecule has 0 amide bonds. The average Bonchev–Trinajstić information content (AvgIpc) is 2.87. The van der Waals surface area contributed by atoms with Crippen LogP contribution in [0.5, 0.6) is 0 Å². The minimum Gasteiger partial charge on any atom is -0.218 e. The number of aryl methyl sites for hydroxylation is 1. The molecule has 0 spiro atoms. The van der Waals surface area contributed by atoms with E-state index in [0.29, 0.717) is 10.2 Å². The Kier molecular flexibility index (Phi) is 2.83. The number of benzene rings is 1. The number of hydrogen-bond donors (Lipinski definition) is 0. The molecule has 2 aromatic heterocycles. The quantitative estimate of drug-likeness (QED) is 0.728.